The average molecular weight is 787 g/mol. The van der Waals surface area contributed by atoms with Crippen LogP contribution in [0.15, 0.2) is 72.6 Å². The molecule has 2 bridgehead atoms. The molecule has 14 nitrogen and oxygen atoms in total. The van der Waals surface area contributed by atoms with Crippen LogP contribution in [0, 0.1) is 5.82 Å². The highest BCUT2D eigenvalue weighted by molar-refractivity contribution is 7.13. The van der Waals surface area contributed by atoms with Crippen molar-refractivity contribution < 1.29 is 23.6 Å². The maximum absolute atomic E-state index is 16.0. The molecule has 0 radical (unpaired) electrons. The number of carbonyl (C=O) groups is 4. The van der Waals surface area contributed by atoms with Crippen LogP contribution in [-0.2, 0) is 35.6 Å². The first-order valence-corrected chi connectivity index (χ1v) is 20.2. The highest BCUT2D eigenvalue weighted by atomic mass is 32.1. The van der Waals surface area contributed by atoms with Crippen molar-refractivity contribution in [2.45, 2.75) is 69.9 Å². The number of rotatable bonds is 9. The summed E-state index contributed by atoms with van der Waals surface area (Å²) >= 11 is 1.28. The number of thiazole rings is 1. The molecule has 0 spiro atoms. The number of hydrogen-bond acceptors (Lipinski definition) is 10. The van der Waals surface area contributed by atoms with Crippen LogP contribution in [0.25, 0.3) is 11.1 Å². The van der Waals surface area contributed by atoms with E-state index in [9.17, 15) is 19.2 Å². The first kappa shape index (κ1) is 35.4. The van der Waals surface area contributed by atoms with Crippen molar-refractivity contribution >= 4 is 51.6 Å². The Hall–Kier alpha value is -6.00. The number of imide groups is 1. The predicted molar refractivity (Wildman–Crippen MR) is 210 cm³/mol. The summed E-state index contributed by atoms with van der Waals surface area (Å²) in [6.45, 7) is 3.54. The second-order valence-electron chi connectivity index (χ2n) is 15.3. The zero-order valence-electron chi connectivity index (χ0n) is 30.9. The largest absolute Gasteiger partial charge is 0.368 e. The molecule has 3 fully saturated rings. The lowest BCUT2D eigenvalue weighted by Crippen LogP contribution is -2.53. The normalized spacial score (nSPS) is 20.9. The quantitative estimate of drug-likeness (QED) is 0.208. The lowest BCUT2D eigenvalue weighted by molar-refractivity contribution is -0.121. The Labute approximate surface area is 331 Å². The molecule has 0 aliphatic carbocycles. The zero-order valence-corrected chi connectivity index (χ0v) is 31.8. The number of pyridine rings is 1. The molecule has 10 rings (SSSR count). The summed E-state index contributed by atoms with van der Waals surface area (Å²) in [7, 11) is 0. The molecule has 57 heavy (non-hydrogen) atoms. The SMILES string of the molecule is O=C1CCN(c2ccc(CN3C4CCC3CN(c3ccc(-c5cc(F)c6c(c5)C(=O)N(C(C(=O)Nc5nccs5)c5ncn7c5CCC7)C6)cc3)C4)nc2)C(=O)N1. The number of nitrogens with one attached hydrogen (secondary N) is 2. The first-order valence-electron chi connectivity index (χ1n) is 19.3. The summed E-state index contributed by atoms with van der Waals surface area (Å²) in [4.78, 5) is 73.1. The molecule has 290 valence electrons. The number of fused-ring (bicyclic) bond motifs is 4. The number of halogens is 1. The fourth-order valence-corrected chi connectivity index (χ4v) is 9.69. The lowest BCUT2D eigenvalue weighted by Gasteiger charge is -2.42. The Bertz CT molecular complexity index is 2390. The van der Waals surface area contributed by atoms with Crippen LogP contribution >= 0.6 is 11.3 Å². The van der Waals surface area contributed by atoms with Gasteiger partial charge in [0.15, 0.2) is 11.2 Å². The molecule has 3 saturated heterocycles. The molecule has 16 heteroatoms. The second kappa shape index (κ2) is 14.2. The predicted octanol–water partition coefficient (Wildman–Crippen LogP) is 5.12. The number of imidazole rings is 1. The summed E-state index contributed by atoms with van der Waals surface area (Å²) in [6, 6.07) is 14.4. The van der Waals surface area contributed by atoms with Gasteiger partial charge in [-0.1, -0.05) is 12.1 Å². The smallest absolute Gasteiger partial charge is 0.328 e. The van der Waals surface area contributed by atoms with Gasteiger partial charge in [-0.25, -0.2) is 19.2 Å². The Morgan fingerprint density at radius 2 is 1.75 bits per heavy atom. The van der Waals surface area contributed by atoms with Gasteiger partial charge in [0.2, 0.25) is 5.91 Å². The van der Waals surface area contributed by atoms with E-state index in [0.29, 0.717) is 40.7 Å². The minimum absolute atomic E-state index is 0.0440. The van der Waals surface area contributed by atoms with E-state index in [1.165, 1.54) is 27.2 Å². The standard InChI is InChI=1S/C41H39FN10O4S/c42-33-17-25(16-31-32(33)22-52(39(31)55)37(38(54)47-40-43-12-15-57-40)36-34-2-1-13-48(34)23-45-36)24-3-6-27(7-4-24)49-20-29-9-10-30(21-49)51(29)19-26-5-8-28(18-44-26)50-14-11-35(53)46-41(50)56/h3-8,12,15-18,23,29-30,37H,1-2,9-11,13-14,19-22H2,(H,43,47,54)(H,46,53,56). The van der Waals surface area contributed by atoms with Crippen molar-refractivity contribution in [1.29, 1.82) is 0 Å². The minimum Gasteiger partial charge on any atom is -0.368 e. The van der Waals surface area contributed by atoms with Crippen LogP contribution < -0.4 is 20.4 Å². The molecule has 8 heterocycles. The van der Waals surface area contributed by atoms with Crippen LogP contribution in [0.1, 0.15) is 64.7 Å². The van der Waals surface area contributed by atoms with Crippen LogP contribution in [0.4, 0.5) is 25.7 Å². The van der Waals surface area contributed by atoms with Gasteiger partial charge < -0.3 is 14.4 Å². The number of amides is 5. The molecule has 3 aromatic heterocycles. The summed E-state index contributed by atoms with van der Waals surface area (Å²) < 4.78 is 18.0. The van der Waals surface area contributed by atoms with E-state index in [2.05, 4.69) is 47.5 Å². The van der Waals surface area contributed by atoms with Gasteiger partial charge in [-0.2, -0.15) is 0 Å². The number of carbonyl (C=O) groups excluding carboxylic acids is 4. The fourth-order valence-electron chi connectivity index (χ4n) is 9.16. The number of urea groups is 1. The van der Waals surface area contributed by atoms with Gasteiger partial charge in [-0.15, -0.1) is 11.3 Å². The molecule has 2 N–H and O–H groups in total. The summed E-state index contributed by atoms with van der Waals surface area (Å²) in [5.41, 5.74) is 6.04. The van der Waals surface area contributed by atoms with E-state index >= 15 is 4.39 Å². The van der Waals surface area contributed by atoms with E-state index in [1.54, 1.807) is 30.2 Å². The van der Waals surface area contributed by atoms with Gasteiger partial charge in [0.1, 0.15) is 5.82 Å². The van der Waals surface area contributed by atoms with Crippen molar-refractivity contribution in [2.24, 2.45) is 0 Å². The van der Waals surface area contributed by atoms with E-state index in [1.807, 2.05) is 28.8 Å². The minimum atomic E-state index is -1.04. The highest BCUT2D eigenvalue weighted by Crippen LogP contribution is 2.39. The summed E-state index contributed by atoms with van der Waals surface area (Å²) in [6.07, 6.45) is 9.15. The van der Waals surface area contributed by atoms with Gasteiger partial charge >= 0.3 is 6.03 Å². The summed E-state index contributed by atoms with van der Waals surface area (Å²) in [5.74, 6) is -1.59. The molecule has 5 aliphatic heterocycles. The number of piperazine rings is 1. The van der Waals surface area contributed by atoms with Gasteiger partial charge in [0, 0.05) is 85.3 Å². The molecule has 5 amide bonds. The number of aromatic nitrogens is 4. The molecule has 2 aromatic carbocycles. The Morgan fingerprint density at radius 1 is 0.947 bits per heavy atom. The van der Waals surface area contributed by atoms with Crippen LogP contribution in [-0.4, -0.2) is 84.8 Å². The van der Waals surface area contributed by atoms with Crippen molar-refractivity contribution in [3.05, 3.63) is 107 Å². The monoisotopic (exact) mass is 786 g/mol. The van der Waals surface area contributed by atoms with Gasteiger partial charge in [-0.3, -0.25) is 39.8 Å². The number of benzene rings is 2. The number of aryl methyl sites for hydroxylation is 1. The molecule has 3 unspecified atom stereocenters. The number of anilines is 3. The maximum Gasteiger partial charge on any atom is 0.328 e. The van der Waals surface area contributed by atoms with Gasteiger partial charge in [0.25, 0.3) is 11.8 Å². The van der Waals surface area contributed by atoms with Crippen LogP contribution in [0.3, 0.4) is 0 Å². The number of nitrogens with zero attached hydrogens (tertiary/aromatic N) is 8. The highest BCUT2D eigenvalue weighted by Gasteiger charge is 2.43. The van der Waals surface area contributed by atoms with E-state index < -0.39 is 29.7 Å². The third-order valence-electron chi connectivity index (χ3n) is 12.0. The maximum atomic E-state index is 16.0. The van der Waals surface area contributed by atoms with Crippen molar-refractivity contribution in [2.75, 3.05) is 34.8 Å². The molecule has 0 saturated carbocycles. The van der Waals surface area contributed by atoms with Gasteiger partial charge in [-0.05, 0) is 73.2 Å². The Balaban J connectivity index is 0.828. The van der Waals surface area contributed by atoms with Gasteiger partial charge in [0.05, 0.1) is 36.1 Å². The third-order valence-corrected chi connectivity index (χ3v) is 12.7. The molecule has 5 aromatic rings. The topological polar surface area (TPSA) is 149 Å². The lowest BCUT2D eigenvalue weighted by atomic mass is 9.99. The Kier molecular flexibility index (Phi) is 8.81. The fraction of sp³-hybridized carbons (Fsp3) is 0.341. The average Bonchev–Trinajstić information content (AvgIpc) is 4.05. The second-order valence-corrected chi connectivity index (χ2v) is 16.2. The molecular formula is C41H39FN10O4S. The van der Waals surface area contributed by atoms with Crippen LogP contribution in [0.2, 0.25) is 0 Å². The van der Waals surface area contributed by atoms with E-state index in [0.717, 1.165) is 74.5 Å². The van der Waals surface area contributed by atoms with Crippen molar-refractivity contribution in [1.82, 2.24) is 34.6 Å². The van der Waals surface area contributed by atoms with E-state index in [-0.39, 0.29) is 30.0 Å². The molecular weight excluding hydrogens is 748 g/mol. The molecule has 5 aliphatic rings. The van der Waals surface area contributed by atoms with Crippen molar-refractivity contribution in [3.8, 4) is 11.1 Å². The molecule has 3 atom stereocenters. The summed E-state index contributed by atoms with van der Waals surface area (Å²) in [5, 5.41) is 7.39. The number of hydrogen-bond donors (Lipinski definition) is 2. The van der Waals surface area contributed by atoms with Crippen molar-refractivity contribution in [3.63, 3.8) is 0 Å². The van der Waals surface area contributed by atoms with E-state index in [4.69, 9.17) is 0 Å². The Morgan fingerprint density at radius 3 is 2.49 bits per heavy atom. The first-order chi connectivity index (χ1) is 27.8. The third kappa shape index (κ3) is 6.42. The van der Waals surface area contributed by atoms with Crippen LogP contribution in [0.5, 0.6) is 0 Å². The zero-order chi connectivity index (χ0) is 38.8.